The third-order valence-electron chi connectivity index (χ3n) is 3.16. The highest BCUT2D eigenvalue weighted by Crippen LogP contribution is 2.18. The second-order valence-corrected chi connectivity index (χ2v) is 4.65. The number of nitro benzene ring substituents is 1. The molecule has 0 aliphatic carbocycles. The average Bonchev–Trinajstić information content (AvgIpc) is 2.88. The quantitative estimate of drug-likeness (QED) is 0.589. The normalized spacial score (nSPS) is 10.6. The monoisotopic (exact) mass is 297 g/mol. The van der Waals surface area contributed by atoms with E-state index in [1.807, 2.05) is 6.92 Å². The third-order valence-corrected chi connectivity index (χ3v) is 3.16. The molecule has 0 spiro atoms. The summed E-state index contributed by atoms with van der Waals surface area (Å²) in [5.41, 5.74) is 1.23. The van der Waals surface area contributed by atoms with Crippen LogP contribution < -0.4 is 5.32 Å². The van der Waals surface area contributed by atoms with Crippen LogP contribution in [0.4, 0.5) is 11.4 Å². The summed E-state index contributed by atoms with van der Waals surface area (Å²) >= 11 is 0. The first kappa shape index (κ1) is 13.7. The first-order valence-electron chi connectivity index (χ1n) is 6.42. The lowest BCUT2D eigenvalue weighted by Crippen LogP contribution is -2.12. The largest absolute Gasteiger partial charge is 0.322 e. The molecule has 0 saturated carbocycles. The number of nitrogens with one attached hydrogen (secondary N) is 1. The lowest BCUT2D eigenvalue weighted by molar-refractivity contribution is -0.384. The number of aromatic nitrogens is 3. The molecule has 1 amide bonds. The second kappa shape index (κ2) is 5.24. The molecule has 8 nitrogen and oxygen atoms in total. The lowest BCUT2D eigenvalue weighted by Gasteiger charge is -2.05. The van der Waals surface area contributed by atoms with Gasteiger partial charge in [0.25, 0.3) is 11.6 Å². The average molecular weight is 297 g/mol. The third kappa shape index (κ3) is 2.49. The molecule has 110 valence electrons. The van der Waals surface area contributed by atoms with Gasteiger partial charge in [0.1, 0.15) is 5.82 Å². The maximum Gasteiger partial charge on any atom is 0.271 e. The van der Waals surface area contributed by atoms with Crippen LogP contribution in [0, 0.1) is 17.0 Å². The fraction of sp³-hybridized carbons (Fsp3) is 0.0714. The van der Waals surface area contributed by atoms with E-state index in [1.165, 1.54) is 18.2 Å². The van der Waals surface area contributed by atoms with Crippen LogP contribution in [-0.2, 0) is 0 Å². The van der Waals surface area contributed by atoms with Crippen molar-refractivity contribution in [1.82, 2.24) is 14.6 Å². The van der Waals surface area contributed by atoms with Crippen molar-refractivity contribution in [2.45, 2.75) is 6.92 Å². The maximum atomic E-state index is 12.2. The summed E-state index contributed by atoms with van der Waals surface area (Å²) in [6.45, 7) is 1.81. The minimum absolute atomic E-state index is 0.0821. The Bertz CT molecular complexity index is 887. The number of carbonyl (C=O) groups is 1. The molecule has 1 aromatic carbocycles. The number of amides is 1. The number of pyridine rings is 1. The highest BCUT2D eigenvalue weighted by atomic mass is 16.6. The van der Waals surface area contributed by atoms with Crippen LogP contribution in [0.15, 0.2) is 42.6 Å². The van der Waals surface area contributed by atoms with Gasteiger partial charge < -0.3 is 5.32 Å². The van der Waals surface area contributed by atoms with Crippen LogP contribution >= 0.6 is 0 Å². The van der Waals surface area contributed by atoms with E-state index in [0.717, 1.165) is 5.82 Å². The van der Waals surface area contributed by atoms with E-state index in [9.17, 15) is 14.9 Å². The van der Waals surface area contributed by atoms with Crippen molar-refractivity contribution < 1.29 is 9.72 Å². The Morgan fingerprint density at radius 3 is 2.86 bits per heavy atom. The summed E-state index contributed by atoms with van der Waals surface area (Å²) in [6, 6.07) is 9.00. The Morgan fingerprint density at radius 2 is 2.09 bits per heavy atom. The number of non-ortho nitro benzene ring substituents is 1. The molecule has 0 saturated heterocycles. The van der Waals surface area contributed by atoms with E-state index in [4.69, 9.17) is 0 Å². The summed E-state index contributed by atoms with van der Waals surface area (Å²) in [5, 5.41) is 21.2. The topological polar surface area (TPSA) is 102 Å². The molecule has 3 aromatic rings. The van der Waals surface area contributed by atoms with Crippen LogP contribution in [-0.4, -0.2) is 25.4 Å². The van der Waals surface area contributed by atoms with Gasteiger partial charge in [-0.25, -0.2) is 0 Å². The number of carbonyl (C=O) groups excluding carboxylic acids is 1. The molecule has 22 heavy (non-hydrogen) atoms. The zero-order chi connectivity index (χ0) is 15.7. The molecular weight excluding hydrogens is 286 g/mol. The number of anilines is 1. The Hall–Kier alpha value is -3.29. The lowest BCUT2D eigenvalue weighted by atomic mass is 10.2. The number of hydrogen-bond donors (Lipinski definition) is 1. The first-order chi connectivity index (χ1) is 10.5. The fourth-order valence-corrected chi connectivity index (χ4v) is 2.05. The summed E-state index contributed by atoms with van der Waals surface area (Å²) in [7, 11) is 0. The standard InChI is InChI=1S/C14H11N5O3/c1-9-16-17-13-7-10(5-6-18(9)13)14(20)15-11-3-2-4-12(8-11)19(21)22/h2-8H,1H3,(H,15,20). The van der Waals surface area contributed by atoms with Crippen molar-refractivity contribution in [3.63, 3.8) is 0 Å². The molecule has 1 N–H and O–H groups in total. The van der Waals surface area contributed by atoms with Gasteiger partial charge in [0, 0.05) is 29.6 Å². The number of hydrogen-bond acceptors (Lipinski definition) is 5. The van der Waals surface area contributed by atoms with E-state index < -0.39 is 4.92 Å². The molecule has 2 aromatic heterocycles. The molecule has 0 bridgehead atoms. The minimum Gasteiger partial charge on any atom is -0.322 e. The molecule has 0 unspecified atom stereocenters. The SMILES string of the molecule is Cc1nnc2cc(C(=O)Nc3cccc([N+](=O)[O-])c3)ccn12. The van der Waals surface area contributed by atoms with Gasteiger partial charge in [-0.2, -0.15) is 0 Å². The van der Waals surface area contributed by atoms with Crippen molar-refractivity contribution in [2.24, 2.45) is 0 Å². The van der Waals surface area contributed by atoms with Gasteiger partial charge in [-0.3, -0.25) is 19.3 Å². The Kier molecular flexibility index (Phi) is 3.26. The zero-order valence-corrected chi connectivity index (χ0v) is 11.6. The molecule has 0 fully saturated rings. The Labute approximate surface area is 124 Å². The smallest absolute Gasteiger partial charge is 0.271 e. The van der Waals surface area contributed by atoms with E-state index >= 15 is 0 Å². The highest BCUT2D eigenvalue weighted by Gasteiger charge is 2.11. The summed E-state index contributed by atoms with van der Waals surface area (Å²) in [5.74, 6) is 0.351. The van der Waals surface area contributed by atoms with Gasteiger partial charge in [0.2, 0.25) is 0 Å². The van der Waals surface area contributed by atoms with Crippen LogP contribution in [0.25, 0.3) is 5.65 Å². The van der Waals surface area contributed by atoms with Crippen LogP contribution in [0.2, 0.25) is 0 Å². The van der Waals surface area contributed by atoms with E-state index in [0.29, 0.717) is 16.9 Å². The predicted molar refractivity (Wildman–Crippen MR) is 78.8 cm³/mol. The second-order valence-electron chi connectivity index (χ2n) is 4.65. The Balaban J connectivity index is 1.86. The van der Waals surface area contributed by atoms with Crippen LogP contribution in [0.3, 0.4) is 0 Å². The first-order valence-corrected chi connectivity index (χ1v) is 6.42. The molecular formula is C14H11N5O3. The molecule has 2 heterocycles. The molecule has 8 heteroatoms. The zero-order valence-electron chi connectivity index (χ0n) is 11.6. The highest BCUT2D eigenvalue weighted by molar-refractivity contribution is 6.04. The van der Waals surface area contributed by atoms with E-state index in [1.54, 1.807) is 28.8 Å². The fourth-order valence-electron chi connectivity index (χ4n) is 2.05. The molecule has 0 radical (unpaired) electrons. The van der Waals surface area contributed by atoms with Gasteiger partial charge in [-0.1, -0.05) is 6.07 Å². The maximum absolute atomic E-state index is 12.2. The van der Waals surface area contributed by atoms with Crippen molar-refractivity contribution in [3.05, 3.63) is 64.1 Å². The van der Waals surface area contributed by atoms with Crippen molar-refractivity contribution in [2.75, 3.05) is 5.32 Å². The van der Waals surface area contributed by atoms with Crippen molar-refractivity contribution >= 4 is 22.9 Å². The molecule has 3 rings (SSSR count). The summed E-state index contributed by atoms with van der Waals surface area (Å²) in [4.78, 5) is 22.4. The number of benzene rings is 1. The van der Waals surface area contributed by atoms with E-state index in [2.05, 4.69) is 15.5 Å². The van der Waals surface area contributed by atoms with Gasteiger partial charge in [-0.05, 0) is 25.1 Å². The number of nitrogens with zero attached hydrogens (tertiary/aromatic N) is 4. The van der Waals surface area contributed by atoms with Gasteiger partial charge in [0.15, 0.2) is 5.65 Å². The van der Waals surface area contributed by atoms with Gasteiger partial charge in [-0.15, -0.1) is 10.2 Å². The number of rotatable bonds is 3. The van der Waals surface area contributed by atoms with E-state index in [-0.39, 0.29) is 11.6 Å². The number of nitro groups is 1. The van der Waals surface area contributed by atoms with Crippen LogP contribution in [0.5, 0.6) is 0 Å². The number of fused-ring (bicyclic) bond motifs is 1. The molecule has 0 atom stereocenters. The Morgan fingerprint density at radius 1 is 1.27 bits per heavy atom. The van der Waals surface area contributed by atoms with Crippen LogP contribution in [0.1, 0.15) is 16.2 Å². The van der Waals surface area contributed by atoms with Gasteiger partial charge in [0.05, 0.1) is 4.92 Å². The van der Waals surface area contributed by atoms with Gasteiger partial charge >= 0.3 is 0 Å². The summed E-state index contributed by atoms with van der Waals surface area (Å²) in [6.07, 6.45) is 1.70. The summed E-state index contributed by atoms with van der Waals surface area (Å²) < 4.78 is 1.75. The molecule has 0 aliphatic rings. The van der Waals surface area contributed by atoms with Crippen molar-refractivity contribution in [1.29, 1.82) is 0 Å². The predicted octanol–water partition coefficient (Wildman–Crippen LogP) is 2.20. The molecule has 0 aliphatic heterocycles. The number of aryl methyl sites for hydroxylation is 1. The van der Waals surface area contributed by atoms with Crippen molar-refractivity contribution in [3.8, 4) is 0 Å². The minimum atomic E-state index is -0.513.